The number of fused-ring (bicyclic) bond motifs is 12. The van der Waals surface area contributed by atoms with E-state index in [-0.39, 0.29) is 0 Å². The zero-order valence-corrected chi connectivity index (χ0v) is 24.3. The molecule has 10 rings (SSSR count). The van der Waals surface area contributed by atoms with E-state index >= 15 is 0 Å². The van der Waals surface area contributed by atoms with Crippen LogP contribution in [0.2, 0.25) is 0 Å². The van der Waals surface area contributed by atoms with Gasteiger partial charge >= 0.3 is 0 Å². The summed E-state index contributed by atoms with van der Waals surface area (Å²) in [6, 6.07) is 56.3. The fraction of sp³-hybridized carbons (Fsp3) is 0.0233. The van der Waals surface area contributed by atoms with Crippen LogP contribution in [0.3, 0.4) is 0 Å². The molecule has 2 aliphatic rings. The molecule has 0 saturated carbocycles. The minimum atomic E-state index is -0.462. The topological polar surface area (TPSA) is 22.4 Å². The summed E-state index contributed by atoms with van der Waals surface area (Å²) < 4.78 is 13.1. The number of rotatable bonds is 2. The molecule has 0 saturated heterocycles. The first-order valence-electron chi connectivity index (χ1n) is 15.4. The molecule has 2 heteroatoms. The molecule has 1 aliphatic heterocycles. The van der Waals surface area contributed by atoms with Gasteiger partial charge in [-0.05, 0) is 68.8 Å². The standard InChI is InChI=1S/C43H26O2/c1-2-13-29(32-17-11-23-40-42(32)33-16-5-9-21-38(33)44-40)28(12-1)27-24-25-37-41(26-27)45-39-22-10-8-20-36(39)43(37)34-18-6-3-14-30(34)31-15-4-7-19-35(31)43/h1-26H. The van der Waals surface area contributed by atoms with Gasteiger partial charge in [0.25, 0.3) is 0 Å². The third-order valence-corrected chi connectivity index (χ3v) is 9.78. The number of hydrogen-bond donors (Lipinski definition) is 0. The van der Waals surface area contributed by atoms with Crippen molar-refractivity contribution in [1.29, 1.82) is 0 Å². The van der Waals surface area contributed by atoms with Crippen LogP contribution < -0.4 is 4.74 Å². The maximum atomic E-state index is 6.80. The Labute approximate surface area is 260 Å². The second-order valence-electron chi connectivity index (χ2n) is 12.0. The molecule has 0 atom stereocenters. The third kappa shape index (κ3) is 3.23. The van der Waals surface area contributed by atoms with E-state index in [0.717, 1.165) is 55.7 Å². The van der Waals surface area contributed by atoms with Crippen molar-refractivity contribution in [2.45, 2.75) is 5.41 Å². The van der Waals surface area contributed by atoms with E-state index in [1.54, 1.807) is 0 Å². The van der Waals surface area contributed by atoms with Gasteiger partial charge in [-0.25, -0.2) is 0 Å². The lowest BCUT2D eigenvalue weighted by atomic mass is 9.66. The molecule has 0 unspecified atom stereocenters. The van der Waals surface area contributed by atoms with Crippen LogP contribution in [0.4, 0.5) is 0 Å². The van der Waals surface area contributed by atoms with Crippen molar-refractivity contribution in [3.8, 4) is 44.9 Å². The highest BCUT2D eigenvalue weighted by Gasteiger charge is 2.50. The Bertz CT molecular complexity index is 2430. The van der Waals surface area contributed by atoms with E-state index in [1.807, 2.05) is 12.1 Å². The van der Waals surface area contributed by atoms with E-state index in [9.17, 15) is 0 Å². The molecular weight excluding hydrogens is 548 g/mol. The zero-order chi connectivity index (χ0) is 29.5. The SMILES string of the molecule is c1ccc2c(c1)Oc1cc(-c3ccccc3-c3cccc4oc5ccccc5c34)ccc1C21c2ccccc2-c2ccccc21. The largest absolute Gasteiger partial charge is 0.457 e. The van der Waals surface area contributed by atoms with E-state index in [0.29, 0.717) is 0 Å². The van der Waals surface area contributed by atoms with E-state index < -0.39 is 5.41 Å². The molecule has 45 heavy (non-hydrogen) atoms. The van der Waals surface area contributed by atoms with Crippen molar-refractivity contribution in [2.24, 2.45) is 0 Å². The molecule has 210 valence electrons. The van der Waals surface area contributed by atoms with Crippen LogP contribution in [0.15, 0.2) is 162 Å². The lowest BCUT2D eigenvalue weighted by Gasteiger charge is -2.39. The van der Waals surface area contributed by atoms with Crippen molar-refractivity contribution in [3.05, 3.63) is 180 Å². The molecule has 0 fully saturated rings. The molecule has 0 bridgehead atoms. The van der Waals surface area contributed by atoms with Crippen LogP contribution in [-0.2, 0) is 5.41 Å². The first-order valence-corrected chi connectivity index (χ1v) is 15.4. The maximum Gasteiger partial charge on any atom is 0.136 e. The monoisotopic (exact) mass is 574 g/mol. The van der Waals surface area contributed by atoms with Gasteiger partial charge in [-0.1, -0.05) is 133 Å². The van der Waals surface area contributed by atoms with Gasteiger partial charge in [-0.2, -0.15) is 0 Å². The number of ether oxygens (including phenoxy) is 1. The van der Waals surface area contributed by atoms with Crippen LogP contribution in [0.25, 0.3) is 55.3 Å². The summed E-state index contributed by atoms with van der Waals surface area (Å²) in [6.07, 6.45) is 0. The summed E-state index contributed by atoms with van der Waals surface area (Å²) in [4.78, 5) is 0. The van der Waals surface area contributed by atoms with Gasteiger partial charge in [0.05, 0.1) is 5.41 Å². The fourth-order valence-corrected chi connectivity index (χ4v) is 8.00. The van der Waals surface area contributed by atoms with Crippen molar-refractivity contribution in [3.63, 3.8) is 0 Å². The van der Waals surface area contributed by atoms with Crippen molar-refractivity contribution in [1.82, 2.24) is 0 Å². The average molecular weight is 575 g/mol. The van der Waals surface area contributed by atoms with E-state index in [4.69, 9.17) is 9.15 Å². The minimum Gasteiger partial charge on any atom is -0.457 e. The Morgan fingerprint density at radius 1 is 0.378 bits per heavy atom. The highest BCUT2D eigenvalue weighted by Crippen LogP contribution is 2.62. The Hall–Kier alpha value is -5.86. The normalized spacial score (nSPS) is 13.7. The van der Waals surface area contributed by atoms with Gasteiger partial charge in [0.15, 0.2) is 0 Å². The highest BCUT2D eigenvalue weighted by molar-refractivity contribution is 6.13. The molecule has 7 aromatic carbocycles. The first kappa shape index (κ1) is 24.6. The van der Waals surface area contributed by atoms with Gasteiger partial charge < -0.3 is 9.15 Å². The van der Waals surface area contributed by atoms with Crippen molar-refractivity contribution >= 4 is 21.9 Å². The molecule has 1 spiro atoms. The predicted octanol–water partition coefficient (Wildman–Crippen LogP) is 11.4. The third-order valence-electron chi connectivity index (χ3n) is 9.78. The summed E-state index contributed by atoms with van der Waals surface area (Å²) in [5.74, 6) is 1.79. The Kier molecular flexibility index (Phi) is 4.95. The number of para-hydroxylation sites is 2. The van der Waals surface area contributed by atoms with Crippen LogP contribution >= 0.6 is 0 Å². The lowest BCUT2D eigenvalue weighted by molar-refractivity contribution is 0.436. The minimum absolute atomic E-state index is 0.462. The van der Waals surface area contributed by atoms with Gasteiger partial charge in [0.2, 0.25) is 0 Å². The van der Waals surface area contributed by atoms with Gasteiger partial charge in [-0.15, -0.1) is 0 Å². The van der Waals surface area contributed by atoms with E-state index in [1.165, 1.54) is 33.4 Å². The number of furan rings is 1. The van der Waals surface area contributed by atoms with Crippen molar-refractivity contribution in [2.75, 3.05) is 0 Å². The maximum absolute atomic E-state index is 6.80. The number of benzene rings is 7. The van der Waals surface area contributed by atoms with Crippen molar-refractivity contribution < 1.29 is 9.15 Å². The second kappa shape index (κ2) is 9.07. The average Bonchev–Trinajstić information content (AvgIpc) is 3.63. The summed E-state index contributed by atoms with van der Waals surface area (Å²) in [7, 11) is 0. The smallest absolute Gasteiger partial charge is 0.136 e. The van der Waals surface area contributed by atoms with Gasteiger partial charge in [-0.3, -0.25) is 0 Å². The molecule has 2 nitrogen and oxygen atoms in total. The second-order valence-corrected chi connectivity index (χ2v) is 12.0. The van der Waals surface area contributed by atoms with Gasteiger partial charge in [0, 0.05) is 21.9 Å². The number of hydrogen-bond acceptors (Lipinski definition) is 2. The lowest BCUT2D eigenvalue weighted by Crippen LogP contribution is -2.32. The first-order chi connectivity index (χ1) is 22.3. The predicted molar refractivity (Wildman–Crippen MR) is 182 cm³/mol. The molecule has 8 aromatic rings. The quantitative estimate of drug-likeness (QED) is 0.205. The molecule has 2 heterocycles. The summed E-state index contributed by atoms with van der Waals surface area (Å²) in [5, 5.41) is 2.27. The molecular formula is C43H26O2. The molecule has 0 amide bonds. The summed E-state index contributed by atoms with van der Waals surface area (Å²) in [6.45, 7) is 0. The fourth-order valence-electron chi connectivity index (χ4n) is 8.00. The zero-order valence-electron chi connectivity index (χ0n) is 24.3. The van der Waals surface area contributed by atoms with Crippen LogP contribution in [0, 0.1) is 0 Å². The molecule has 0 N–H and O–H groups in total. The Morgan fingerprint density at radius 2 is 0.956 bits per heavy atom. The summed E-state index contributed by atoms with van der Waals surface area (Å²) >= 11 is 0. The van der Waals surface area contributed by atoms with E-state index in [2.05, 4.69) is 146 Å². The Balaban J connectivity index is 1.22. The van der Waals surface area contributed by atoms with Gasteiger partial charge in [0.1, 0.15) is 22.7 Å². The summed E-state index contributed by atoms with van der Waals surface area (Å²) in [5.41, 5.74) is 13.5. The van der Waals surface area contributed by atoms with Crippen LogP contribution in [-0.4, -0.2) is 0 Å². The van der Waals surface area contributed by atoms with Crippen LogP contribution in [0.5, 0.6) is 11.5 Å². The van der Waals surface area contributed by atoms with Crippen LogP contribution in [0.1, 0.15) is 22.3 Å². The Morgan fingerprint density at radius 3 is 1.76 bits per heavy atom. The molecule has 0 radical (unpaired) electrons. The molecule has 1 aromatic heterocycles. The molecule has 1 aliphatic carbocycles. The highest BCUT2D eigenvalue weighted by atomic mass is 16.5.